The van der Waals surface area contributed by atoms with Crippen molar-refractivity contribution >= 4 is 23.2 Å². The molecule has 0 radical (unpaired) electrons. The number of carbonyl (C=O) groups is 2. The zero-order valence-corrected chi connectivity index (χ0v) is 19.2. The number of thiazole rings is 1. The zero-order valence-electron chi connectivity index (χ0n) is 18.4. The van der Waals surface area contributed by atoms with E-state index in [1.54, 1.807) is 34.8 Å². The highest BCUT2D eigenvalue weighted by atomic mass is 32.1. The number of pyridine rings is 1. The fourth-order valence-corrected chi connectivity index (χ4v) is 4.23. The molecule has 0 N–H and O–H groups in total. The van der Waals surface area contributed by atoms with Crippen LogP contribution in [0.4, 0.5) is 0 Å². The molecule has 0 saturated carbocycles. The molecule has 1 aromatic carbocycles. The van der Waals surface area contributed by atoms with Crippen LogP contribution in [0.15, 0.2) is 59.7 Å². The Kier molecular flexibility index (Phi) is 7.64. The van der Waals surface area contributed by atoms with Crippen molar-refractivity contribution < 1.29 is 19.1 Å². The lowest BCUT2D eigenvalue weighted by atomic mass is 10.2. The molecule has 2 amide bonds. The van der Waals surface area contributed by atoms with Gasteiger partial charge in [0.2, 0.25) is 11.8 Å². The molecule has 0 aliphatic carbocycles. The SMILES string of the molecule is COc1ccc(CN2C[C@H](OCc3cccnc3)CN(C(=O)Cc3cscn3)CC2=O)cc1. The molecule has 3 heterocycles. The fraction of sp³-hybridized carbons (Fsp3) is 0.333. The molecule has 0 unspecified atom stereocenters. The summed E-state index contributed by atoms with van der Waals surface area (Å²) in [6, 6.07) is 11.4. The molecule has 33 heavy (non-hydrogen) atoms. The van der Waals surface area contributed by atoms with Crippen LogP contribution in [0.5, 0.6) is 5.75 Å². The third-order valence-electron chi connectivity index (χ3n) is 5.44. The quantitative estimate of drug-likeness (QED) is 0.507. The topological polar surface area (TPSA) is 84.9 Å². The van der Waals surface area contributed by atoms with Gasteiger partial charge in [0.1, 0.15) is 5.75 Å². The third-order valence-corrected chi connectivity index (χ3v) is 6.07. The van der Waals surface area contributed by atoms with Crippen LogP contribution in [0, 0.1) is 0 Å². The lowest BCUT2D eigenvalue weighted by molar-refractivity contribution is -0.138. The van der Waals surface area contributed by atoms with E-state index in [1.807, 2.05) is 41.8 Å². The molecule has 8 nitrogen and oxygen atoms in total. The van der Waals surface area contributed by atoms with Crippen molar-refractivity contribution in [1.29, 1.82) is 0 Å². The molecule has 1 aliphatic heterocycles. The second-order valence-electron chi connectivity index (χ2n) is 7.85. The minimum Gasteiger partial charge on any atom is -0.497 e. The average Bonchev–Trinajstić information content (AvgIpc) is 3.29. The van der Waals surface area contributed by atoms with E-state index in [9.17, 15) is 9.59 Å². The highest BCUT2D eigenvalue weighted by Crippen LogP contribution is 2.17. The molecular formula is C24H26N4O4S. The van der Waals surface area contributed by atoms with E-state index in [1.165, 1.54) is 11.3 Å². The molecule has 0 spiro atoms. The van der Waals surface area contributed by atoms with Crippen LogP contribution >= 0.6 is 11.3 Å². The molecule has 1 fully saturated rings. The summed E-state index contributed by atoms with van der Waals surface area (Å²) in [7, 11) is 1.62. The summed E-state index contributed by atoms with van der Waals surface area (Å²) in [5.74, 6) is 0.526. The van der Waals surface area contributed by atoms with Crippen LogP contribution < -0.4 is 4.74 Å². The summed E-state index contributed by atoms with van der Waals surface area (Å²) in [6.07, 6.45) is 3.31. The van der Waals surface area contributed by atoms with Gasteiger partial charge in [-0.1, -0.05) is 18.2 Å². The van der Waals surface area contributed by atoms with Gasteiger partial charge in [-0.2, -0.15) is 0 Å². The number of carbonyl (C=O) groups excluding carboxylic acids is 2. The minimum absolute atomic E-state index is 0.0197. The van der Waals surface area contributed by atoms with Crippen LogP contribution in [0.25, 0.3) is 0 Å². The maximum Gasteiger partial charge on any atom is 0.242 e. The fourth-order valence-electron chi connectivity index (χ4n) is 3.67. The summed E-state index contributed by atoms with van der Waals surface area (Å²) < 4.78 is 11.4. The number of benzene rings is 1. The standard InChI is InChI=1S/C24H26N4O4S/c1-31-21-6-4-18(5-7-21)11-27-12-22(32-15-19-3-2-8-25-10-19)13-28(14-24(27)30)23(29)9-20-16-33-17-26-20/h2-8,10,16-17,22H,9,11-15H2,1H3/t22-/m0/s1. The Morgan fingerprint density at radius 1 is 1.18 bits per heavy atom. The third kappa shape index (κ3) is 6.36. The van der Waals surface area contributed by atoms with Gasteiger partial charge >= 0.3 is 0 Å². The summed E-state index contributed by atoms with van der Waals surface area (Å²) >= 11 is 1.45. The van der Waals surface area contributed by atoms with Crippen LogP contribution in [-0.2, 0) is 33.9 Å². The van der Waals surface area contributed by atoms with Crippen LogP contribution in [0.1, 0.15) is 16.8 Å². The van der Waals surface area contributed by atoms with Gasteiger partial charge in [-0.15, -0.1) is 11.3 Å². The van der Waals surface area contributed by atoms with Crippen molar-refractivity contribution in [3.8, 4) is 5.75 Å². The summed E-state index contributed by atoms with van der Waals surface area (Å²) in [4.78, 5) is 37.7. The van der Waals surface area contributed by atoms with Crippen LogP contribution in [0.3, 0.4) is 0 Å². The van der Waals surface area contributed by atoms with E-state index in [-0.39, 0.29) is 30.9 Å². The Hall–Kier alpha value is -3.30. The van der Waals surface area contributed by atoms with Gasteiger partial charge in [-0.25, -0.2) is 4.98 Å². The summed E-state index contributed by atoms with van der Waals surface area (Å²) in [5.41, 5.74) is 4.34. The molecule has 1 saturated heterocycles. The highest BCUT2D eigenvalue weighted by Gasteiger charge is 2.31. The van der Waals surface area contributed by atoms with E-state index < -0.39 is 0 Å². The number of methoxy groups -OCH3 is 1. The van der Waals surface area contributed by atoms with Gasteiger partial charge < -0.3 is 19.3 Å². The number of nitrogens with zero attached hydrogens (tertiary/aromatic N) is 4. The van der Waals surface area contributed by atoms with E-state index in [0.717, 1.165) is 16.9 Å². The Morgan fingerprint density at radius 3 is 2.73 bits per heavy atom. The number of aromatic nitrogens is 2. The van der Waals surface area contributed by atoms with Crippen molar-refractivity contribution in [3.05, 3.63) is 76.5 Å². The minimum atomic E-state index is -0.325. The molecule has 0 bridgehead atoms. The van der Waals surface area contributed by atoms with Crippen molar-refractivity contribution in [3.63, 3.8) is 0 Å². The van der Waals surface area contributed by atoms with Gasteiger partial charge in [0.05, 0.1) is 44.0 Å². The monoisotopic (exact) mass is 466 g/mol. The Morgan fingerprint density at radius 2 is 2.03 bits per heavy atom. The molecule has 172 valence electrons. The average molecular weight is 467 g/mol. The molecule has 9 heteroatoms. The van der Waals surface area contributed by atoms with E-state index >= 15 is 0 Å². The maximum absolute atomic E-state index is 13.1. The molecule has 4 rings (SSSR count). The van der Waals surface area contributed by atoms with Crippen molar-refractivity contribution in [1.82, 2.24) is 19.8 Å². The number of hydrogen-bond acceptors (Lipinski definition) is 7. The van der Waals surface area contributed by atoms with Gasteiger partial charge in [-0.3, -0.25) is 14.6 Å². The van der Waals surface area contributed by atoms with Crippen LogP contribution in [0.2, 0.25) is 0 Å². The number of ether oxygens (including phenoxy) is 2. The largest absolute Gasteiger partial charge is 0.497 e. The van der Waals surface area contributed by atoms with Crippen LogP contribution in [-0.4, -0.2) is 64.4 Å². The first-order valence-electron chi connectivity index (χ1n) is 10.7. The predicted octanol–water partition coefficient (Wildman–Crippen LogP) is 2.55. The second kappa shape index (κ2) is 11.0. The molecule has 1 atom stereocenters. The number of hydrogen-bond donors (Lipinski definition) is 0. The van der Waals surface area contributed by atoms with Gasteiger partial charge in [-0.05, 0) is 29.3 Å². The summed E-state index contributed by atoms with van der Waals surface area (Å²) in [5, 5.41) is 1.85. The van der Waals surface area contributed by atoms with E-state index in [0.29, 0.717) is 31.9 Å². The molecular weight excluding hydrogens is 440 g/mol. The predicted molar refractivity (Wildman–Crippen MR) is 124 cm³/mol. The zero-order chi connectivity index (χ0) is 23.0. The molecule has 1 aliphatic rings. The first-order chi connectivity index (χ1) is 16.1. The van der Waals surface area contributed by atoms with E-state index in [2.05, 4.69) is 9.97 Å². The van der Waals surface area contributed by atoms with E-state index in [4.69, 9.17) is 9.47 Å². The number of amides is 2. The first-order valence-corrected chi connectivity index (χ1v) is 11.6. The normalized spacial score (nSPS) is 16.5. The lowest BCUT2D eigenvalue weighted by Crippen LogP contribution is -2.40. The Labute approximate surface area is 196 Å². The van der Waals surface area contributed by atoms with Crippen molar-refractivity contribution in [2.24, 2.45) is 0 Å². The Balaban J connectivity index is 1.48. The number of rotatable bonds is 8. The lowest BCUT2D eigenvalue weighted by Gasteiger charge is -2.25. The smallest absolute Gasteiger partial charge is 0.242 e. The Bertz CT molecular complexity index is 1040. The second-order valence-corrected chi connectivity index (χ2v) is 8.57. The molecule has 3 aromatic rings. The van der Waals surface area contributed by atoms with Gasteiger partial charge in [0.15, 0.2) is 0 Å². The van der Waals surface area contributed by atoms with Gasteiger partial charge in [0, 0.05) is 37.4 Å². The molecule has 2 aromatic heterocycles. The van der Waals surface area contributed by atoms with Crippen molar-refractivity contribution in [2.75, 3.05) is 26.7 Å². The van der Waals surface area contributed by atoms with Gasteiger partial charge in [0.25, 0.3) is 0 Å². The van der Waals surface area contributed by atoms with Crippen molar-refractivity contribution in [2.45, 2.75) is 25.7 Å². The first kappa shape index (κ1) is 22.9. The maximum atomic E-state index is 13.1. The summed E-state index contributed by atoms with van der Waals surface area (Å²) in [6.45, 7) is 1.55. The highest BCUT2D eigenvalue weighted by molar-refractivity contribution is 7.07.